The second kappa shape index (κ2) is 8.00. The van der Waals surface area contributed by atoms with Crippen LogP contribution in [0.3, 0.4) is 0 Å². The van der Waals surface area contributed by atoms with Gasteiger partial charge in [-0.1, -0.05) is 19.1 Å². The average molecular weight is 219 g/mol. The van der Waals surface area contributed by atoms with E-state index in [1.54, 1.807) is 0 Å². The lowest BCUT2D eigenvalue weighted by Gasteiger charge is -1.98. The normalized spacial score (nSPS) is 12.4. The average Bonchev–Trinajstić information content (AvgIpc) is 2.11. The lowest BCUT2D eigenvalue weighted by Crippen LogP contribution is -2.09. The molecule has 0 radical (unpaired) electrons. The lowest BCUT2D eigenvalue weighted by atomic mass is 10.3. The van der Waals surface area contributed by atoms with Crippen molar-refractivity contribution in [1.82, 2.24) is 5.32 Å². The molecular weight excluding hydrogens is 198 g/mol. The minimum atomic E-state index is -2.79. The van der Waals surface area contributed by atoms with Crippen LogP contribution in [0, 0.1) is 0 Å². The topological polar surface area (TPSA) is 46.2 Å². The molecule has 0 saturated heterocycles. The summed E-state index contributed by atoms with van der Waals surface area (Å²) in [5.41, 5.74) is 0. The second-order valence-corrected chi connectivity index (χ2v) is 5.61. The van der Waals surface area contributed by atoms with E-state index < -0.39 is 9.84 Å². The van der Waals surface area contributed by atoms with E-state index in [9.17, 15) is 8.42 Å². The van der Waals surface area contributed by atoms with E-state index in [-0.39, 0.29) is 5.75 Å². The predicted molar refractivity (Wildman–Crippen MR) is 61.2 cm³/mol. The molecule has 0 heterocycles. The lowest BCUT2D eigenvalue weighted by molar-refractivity contribution is 0.594. The molecule has 1 N–H and O–H groups in total. The van der Waals surface area contributed by atoms with Crippen LogP contribution in [0.5, 0.6) is 0 Å². The molecule has 0 aliphatic carbocycles. The van der Waals surface area contributed by atoms with Crippen molar-refractivity contribution in [2.24, 2.45) is 0 Å². The van der Waals surface area contributed by atoms with Gasteiger partial charge in [0.1, 0.15) is 0 Å². The quantitative estimate of drug-likeness (QED) is 0.495. The molecule has 0 aliphatic rings. The molecule has 0 aromatic heterocycles. The Morgan fingerprint density at radius 2 is 1.79 bits per heavy atom. The predicted octanol–water partition coefficient (Wildman–Crippen LogP) is 1.37. The highest BCUT2D eigenvalue weighted by Gasteiger charge is 2.06. The first-order valence-corrected chi connectivity index (χ1v) is 6.94. The zero-order valence-electron chi connectivity index (χ0n) is 9.12. The minimum absolute atomic E-state index is 0.289. The van der Waals surface area contributed by atoms with Gasteiger partial charge < -0.3 is 5.32 Å². The van der Waals surface area contributed by atoms with E-state index in [0.29, 0.717) is 18.6 Å². The maximum absolute atomic E-state index is 11.3. The zero-order valence-corrected chi connectivity index (χ0v) is 9.94. The van der Waals surface area contributed by atoms with E-state index in [4.69, 9.17) is 0 Å². The summed E-state index contributed by atoms with van der Waals surface area (Å²) in [5.74, 6) is 0.605. The van der Waals surface area contributed by atoms with Crippen LogP contribution in [0.25, 0.3) is 0 Å². The summed E-state index contributed by atoms with van der Waals surface area (Å²) in [5, 5.41) is 3.03. The molecular formula is C10H21NO2S. The number of hydrogen-bond donors (Lipinski definition) is 1. The van der Waals surface area contributed by atoms with Crippen molar-refractivity contribution in [2.45, 2.75) is 26.2 Å². The molecule has 0 fully saturated rings. The highest BCUT2D eigenvalue weighted by atomic mass is 32.2. The second-order valence-electron chi connectivity index (χ2n) is 3.30. The van der Waals surface area contributed by atoms with Gasteiger partial charge in [0.15, 0.2) is 9.84 Å². The van der Waals surface area contributed by atoms with Gasteiger partial charge in [-0.3, -0.25) is 0 Å². The van der Waals surface area contributed by atoms with Crippen LogP contribution in [0.2, 0.25) is 0 Å². The molecule has 0 rings (SSSR count). The van der Waals surface area contributed by atoms with Crippen molar-refractivity contribution in [3.8, 4) is 0 Å². The first kappa shape index (κ1) is 13.7. The molecule has 4 heteroatoms. The Labute approximate surface area is 87.5 Å². The van der Waals surface area contributed by atoms with Crippen LogP contribution in [-0.4, -0.2) is 33.5 Å². The molecule has 0 spiro atoms. The highest BCUT2D eigenvalue weighted by Crippen LogP contribution is 1.97. The van der Waals surface area contributed by atoms with E-state index >= 15 is 0 Å². The van der Waals surface area contributed by atoms with Crippen LogP contribution in [0.4, 0.5) is 0 Å². The highest BCUT2D eigenvalue weighted by molar-refractivity contribution is 7.91. The van der Waals surface area contributed by atoms with Crippen molar-refractivity contribution in [2.75, 3.05) is 25.1 Å². The third-order valence-corrected chi connectivity index (χ3v) is 3.73. The number of rotatable bonds is 8. The molecule has 0 aliphatic heterocycles. The molecule has 3 nitrogen and oxygen atoms in total. The van der Waals surface area contributed by atoms with Crippen LogP contribution >= 0.6 is 0 Å². The number of hydrogen-bond acceptors (Lipinski definition) is 3. The van der Waals surface area contributed by atoms with Crippen molar-refractivity contribution in [1.29, 1.82) is 0 Å². The minimum Gasteiger partial charge on any atom is -0.319 e. The molecule has 0 aromatic carbocycles. The first-order chi connectivity index (χ1) is 6.62. The number of nitrogens with one attached hydrogen (secondary N) is 1. The molecule has 0 saturated carbocycles. The summed E-state index contributed by atoms with van der Waals surface area (Å²) in [4.78, 5) is 0. The Morgan fingerprint density at radius 3 is 2.36 bits per heavy atom. The van der Waals surface area contributed by atoms with Gasteiger partial charge in [-0.2, -0.15) is 0 Å². The number of allylic oxidation sites excluding steroid dienone is 1. The van der Waals surface area contributed by atoms with Gasteiger partial charge in [-0.25, -0.2) is 8.42 Å². The monoisotopic (exact) mass is 219 g/mol. The van der Waals surface area contributed by atoms with Gasteiger partial charge in [0, 0.05) is 5.75 Å². The molecule has 0 unspecified atom stereocenters. The molecule has 0 amide bonds. The van der Waals surface area contributed by atoms with Crippen LogP contribution in [-0.2, 0) is 9.84 Å². The third-order valence-electron chi connectivity index (χ3n) is 1.84. The fourth-order valence-electron chi connectivity index (χ4n) is 1.12. The van der Waals surface area contributed by atoms with Gasteiger partial charge in [0.05, 0.1) is 5.75 Å². The van der Waals surface area contributed by atoms with Crippen molar-refractivity contribution < 1.29 is 8.42 Å². The molecule has 84 valence electrons. The van der Waals surface area contributed by atoms with E-state index in [2.05, 4.69) is 5.32 Å². The zero-order chi connectivity index (χ0) is 10.9. The summed E-state index contributed by atoms with van der Waals surface area (Å²) in [6, 6.07) is 0. The van der Waals surface area contributed by atoms with E-state index in [1.165, 1.54) is 0 Å². The Balaban J connectivity index is 3.58. The molecule has 0 bridgehead atoms. The SMILES string of the molecule is CCCS(=O)(=O)CC/C=C/CCNC. The van der Waals surface area contributed by atoms with Crippen LogP contribution in [0.15, 0.2) is 12.2 Å². The van der Waals surface area contributed by atoms with Crippen molar-refractivity contribution >= 4 is 9.84 Å². The van der Waals surface area contributed by atoms with Crippen molar-refractivity contribution in [3.63, 3.8) is 0 Å². The van der Waals surface area contributed by atoms with Gasteiger partial charge in [-0.05, 0) is 32.9 Å². The standard InChI is InChI=1S/C10H21NO2S/c1-3-9-14(12,13)10-7-5-4-6-8-11-2/h4-5,11H,3,6-10H2,1-2H3/b5-4+. The Hall–Kier alpha value is -0.350. The van der Waals surface area contributed by atoms with Gasteiger partial charge in [-0.15, -0.1) is 0 Å². The largest absolute Gasteiger partial charge is 0.319 e. The fraction of sp³-hybridized carbons (Fsp3) is 0.800. The van der Waals surface area contributed by atoms with Crippen LogP contribution in [0.1, 0.15) is 26.2 Å². The summed E-state index contributed by atoms with van der Waals surface area (Å²) >= 11 is 0. The maximum Gasteiger partial charge on any atom is 0.150 e. The van der Waals surface area contributed by atoms with Crippen LogP contribution < -0.4 is 5.32 Å². The molecule has 0 aromatic rings. The van der Waals surface area contributed by atoms with Gasteiger partial charge in [0.2, 0.25) is 0 Å². The van der Waals surface area contributed by atoms with E-state index in [0.717, 1.165) is 13.0 Å². The summed E-state index contributed by atoms with van der Waals surface area (Å²) in [7, 11) is -0.889. The number of sulfone groups is 1. The maximum atomic E-state index is 11.3. The van der Waals surface area contributed by atoms with E-state index in [1.807, 2.05) is 26.1 Å². The summed E-state index contributed by atoms with van der Waals surface area (Å²) in [6.07, 6.45) is 6.30. The third kappa shape index (κ3) is 8.26. The first-order valence-electron chi connectivity index (χ1n) is 5.12. The Morgan fingerprint density at radius 1 is 1.14 bits per heavy atom. The van der Waals surface area contributed by atoms with Gasteiger partial charge >= 0.3 is 0 Å². The Kier molecular flexibility index (Phi) is 7.80. The smallest absolute Gasteiger partial charge is 0.150 e. The summed E-state index contributed by atoms with van der Waals surface area (Å²) < 4.78 is 22.5. The summed E-state index contributed by atoms with van der Waals surface area (Å²) in [6.45, 7) is 2.83. The molecule has 14 heavy (non-hydrogen) atoms. The van der Waals surface area contributed by atoms with Gasteiger partial charge in [0.25, 0.3) is 0 Å². The molecule has 0 atom stereocenters. The van der Waals surface area contributed by atoms with Crippen molar-refractivity contribution in [3.05, 3.63) is 12.2 Å². The fourth-order valence-corrected chi connectivity index (χ4v) is 2.45. The Bertz CT molecular complexity index is 245.